The summed E-state index contributed by atoms with van der Waals surface area (Å²) >= 11 is 0. The minimum absolute atomic E-state index is 0.0240. The van der Waals surface area contributed by atoms with Gasteiger partial charge in [-0.1, -0.05) is 6.92 Å². The number of nitrogens with two attached hydrogens (primary N) is 1. The first-order chi connectivity index (χ1) is 8.22. The number of rotatable bonds is 2. The maximum atomic E-state index is 12.3. The molecule has 92 valence electrons. The van der Waals surface area contributed by atoms with Crippen molar-refractivity contribution in [3.63, 3.8) is 0 Å². The Labute approximate surface area is 101 Å². The first kappa shape index (κ1) is 11.8. The van der Waals surface area contributed by atoms with Crippen LogP contribution in [0.2, 0.25) is 0 Å². The monoisotopic (exact) mass is 234 g/mol. The molecule has 1 fully saturated rings. The zero-order valence-corrected chi connectivity index (χ0v) is 10.1. The van der Waals surface area contributed by atoms with E-state index in [0.717, 1.165) is 25.8 Å². The van der Waals surface area contributed by atoms with Crippen LogP contribution in [0.15, 0.2) is 12.4 Å². The molecule has 1 aromatic heterocycles. The Hall–Kier alpha value is -1.65. The molecule has 2 rings (SSSR count). The number of likely N-dealkylation sites (tertiary alicyclic amines) is 1. The summed E-state index contributed by atoms with van der Waals surface area (Å²) < 4.78 is 0. The minimum Gasteiger partial charge on any atom is -0.382 e. The number of aromatic nitrogens is 2. The number of carbonyl (C=O) groups excluding carboxylic acids is 1. The van der Waals surface area contributed by atoms with E-state index in [1.54, 1.807) is 0 Å². The summed E-state index contributed by atoms with van der Waals surface area (Å²) in [6.45, 7) is 2.94. The predicted molar refractivity (Wildman–Crippen MR) is 65.4 cm³/mol. The van der Waals surface area contributed by atoms with Crippen LogP contribution in [0.3, 0.4) is 0 Å². The van der Waals surface area contributed by atoms with Crippen molar-refractivity contribution in [1.82, 2.24) is 14.9 Å². The van der Waals surface area contributed by atoms with E-state index in [2.05, 4.69) is 16.9 Å². The van der Waals surface area contributed by atoms with Gasteiger partial charge < -0.3 is 10.6 Å². The highest BCUT2D eigenvalue weighted by molar-refractivity contribution is 5.92. The van der Waals surface area contributed by atoms with Gasteiger partial charge in [-0.25, -0.2) is 9.97 Å². The van der Waals surface area contributed by atoms with Crippen LogP contribution in [0.4, 0.5) is 5.82 Å². The molecular weight excluding hydrogens is 216 g/mol. The molecule has 0 bridgehead atoms. The molecular formula is C12H18N4O. The molecule has 1 saturated heterocycles. The van der Waals surface area contributed by atoms with E-state index in [9.17, 15) is 4.79 Å². The van der Waals surface area contributed by atoms with E-state index in [1.165, 1.54) is 18.8 Å². The summed E-state index contributed by atoms with van der Waals surface area (Å²) in [5, 5.41) is 0. The molecule has 0 aromatic carbocycles. The Morgan fingerprint density at radius 1 is 1.47 bits per heavy atom. The molecule has 1 amide bonds. The fourth-order valence-electron chi connectivity index (χ4n) is 2.29. The van der Waals surface area contributed by atoms with E-state index < -0.39 is 0 Å². The normalized spacial score (nSPS) is 20.3. The van der Waals surface area contributed by atoms with Crippen LogP contribution >= 0.6 is 0 Å². The van der Waals surface area contributed by atoms with Crippen LogP contribution in [0.5, 0.6) is 0 Å². The van der Waals surface area contributed by atoms with Gasteiger partial charge in [0.25, 0.3) is 5.91 Å². The van der Waals surface area contributed by atoms with Gasteiger partial charge in [-0.15, -0.1) is 0 Å². The number of amides is 1. The standard InChI is InChI=1S/C12H18N4O/c1-2-9-5-3-4-6-16(9)12(17)10-7-15-11(13)8-14-10/h7-9H,2-6H2,1H3,(H2,13,15). The Morgan fingerprint density at radius 3 is 2.94 bits per heavy atom. The van der Waals surface area contributed by atoms with Crippen LogP contribution in [0.25, 0.3) is 0 Å². The van der Waals surface area contributed by atoms with Gasteiger partial charge in [0.05, 0.1) is 12.4 Å². The SMILES string of the molecule is CCC1CCCCN1C(=O)c1cnc(N)cn1. The maximum Gasteiger partial charge on any atom is 0.274 e. The van der Waals surface area contributed by atoms with E-state index in [-0.39, 0.29) is 5.91 Å². The largest absolute Gasteiger partial charge is 0.382 e. The van der Waals surface area contributed by atoms with Crippen LogP contribution in [0.1, 0.15) is 43.1 Å². The van der Waals surface area contributed by atoms with Crippen molar-refractivity contribution >= 4 is 11.7 Å². The van der Waals surface area contributed by atoms with Crippen molar-refractivity contribution in [3.8, 4) is 0 Å². The molecule has 1 aromatic rings. The van der Waals surface area contributed by atoms with Crippen molar-refractivity contribution in [2.24, 2.45) is 0 Å². The van der Waals surface area contributed by atoms with Crippen LogP contribution < -0.4 is 5.73 Å². The van der Waals surface area contributed by atoms with Crippen molar-refractivity contribution in [1.29, 1.82) is 0 Å². The fraction of sp³-hybridized carbons (Fsp3) is 0.583. The van der Waals surface area contributed by atoms with E-state index >= 15 is 0 Å². The lowest BCUT2D eigenvalue weighted by molar-refractivity contribution is 0.0601. The molecule has 1 aliphatic heterocycles. The second kappa shape index (κ2) is 5.12. The zero-order valence-electron chi connectivity index (χ0n) is 10.1. The summed E-state index contributed by atoms with van der Waals surface area (Å²) in [5.41, 5.74) is 5.85. The lowest BCUT2D eigenvalue weighted by Gasteiger charge is -2.34. The van der Waals surface area contributed by atoms with Gasteiger partial charge in [-0.3, -0.25) is 4.79 Å². The van der Waals surface area contributed by atoms with Crippen molar-refractivity contribution in [3.05, 3.63) is 18.1 Å². The van der Waals surface area contributed by atoms with Crippen molar-refractivity contribution in [2.45, 2.75) is 38.6 Å². The quantitative estimate of drug-likeness (QED) is 0.841. The molecule has 1 unspecified atom stereocenters. The third kappa shape index (κ3) is 2.54. The fourth-order valence-corrected chi connectivity index (χ4v) is 2.29. The zero-order chi connectivity index (χ0) is 12.3. The van der Waals surface area contributed by atoms with Gasteiger partial charge in [-0.2, -0.15) is 0 Å². The highest BCUT2D eigenvalue weighted by Crippen LogP contribution is 2.21. The third-order valence-electron chi connectivity index (χ3n) is 3.25. The summed E-state index contributed by atoms with van der Waals surface area (Å²) in [6.07, 6.45) is 7.25. The van der Waals surface area contributed by atoms with Gasteiger partial charge in [-0.05, 0) is 25.7 Å². The molecule has 1 aliphatic rings. The molecule has 5 nitrogen and oxygen atoms in total. The molecule has 1 atom stereocenters. The Kier molecular flexibility index (Phi) is 3.56. The summed E-state index contributed by atoms with van der Waals surface area (Å²) in [7, 11) is 0. The highest BCUT2D eigenvalue weighted by atomic mass is 16.2. The predicted octanol–water partition coefficient (Wildman–Crippen LogP) is 1.46. The smallest absolute Gasteiger partial charge is 0.274 e. The van der Waals surface area contributed by atoms with Crippen molar-refractivity contribution in [2.75, 3.05) is 12.3 Å². The molecule has 2 N–H and O–H groups in total. The first-order valence-corrected chi connectivity index (χ1v) is 6.11. The van der Waals surface area contributed by atoms with E-state index in [1.807, 2.05) is 4.90 Å². The second-order valence-electron chi connectivity index (χ2n) is 4.38. The molecule has 0 aliphatic carbocycles. The number of piperidine rings is 1. The number of hydrogen-bond acceptors (Lipinski definition) is 4. The summed E-state index contributed by atoms with van der Waals surface area (Å²) in [4.78, 5) is 22.1. The van der Waals surface area contributed by atoms with Gasteiger partial charge in [0, 0.05) is 12.6 Å². The Morgan fingerprint density at radius 2 is 2.29 bits per heavy atom. The van der Waals surface area contributed by atoms with Crippen LogP contribution in [0, 0.1) is 0 Å². The second-order valence-corrected chi connectivity index (χ2v) is 4.38. The number of hydrogen-bond donors (Lipinski definition) is 1. The van der Waals surface area contributed by atoms with Gasteiger partial charge >= 0.3 is 0 Å². The molecule has 2 heterocycles. The Bertz CT molecular complexity index is 390. The molecule has 0 spiro atoms. The average Bonchev–Trinajstić information content (AvgIpc) is 2.39. The first-order valence-electron chi connectivity index (χ1n) is 6.11. The van der Waals surface area contributed by atoms with Crippen LogP contribution in [-0.4, -0.2) is 33.4 Å². The highest BCUT2D eigenvalue weighted by Gasteiger charge is 2.26. The lowest BCUT2D eigenvalue weighted by Crippen LogP contribution is -2.43. The van der Waals surface area contributed by atoms with E-state index in [0.29, 0.717) is 17.6 Å². The van der Waals surface area contributed by atoms with E-state index in [4.69, 9.17) is 5.73 Å². The van der Waals surface area contributed by atoms with Crippen molar-refractivity contribution < 1.29 is 4.79 Å². The molecule has 0 radical (unpaired) electrons. The molecule has 0 saturated carbocycles. The van der Waals surface area contributed by atoms with Gasteiger partial charge in [0.2, 0.25) is 0 Å². The summed E-state index contributed by atoms with van der Waals surface area (Å²) in [6, 6.07) is 0.343. The van der Waals surface area contributed by atoms with Gasteiger partial charge in [0.1, 0.15) is 11.5 Å². The lowest BCUT2D eigenvalue weighted by atomic mass is 10.00. The number of nitrogen functional groups attached to an aromatic ring is 1. The Balaban J connectivity index is 2.15. The molecule has 5 heteroatoms. The summed E-state index contributed by atoms with van der Waals surface area (Å²) in [5.74, 6) is 0.316. The minimum atomic E-state index is -0.0240. The third-order valence-corrected chi connectivity index (χ3v) is 3.25. The number of anilines is 1. The maximum absolute atomic E-state index is 12.3. The average molecular weight is 234 g/mol. The molecule has 17 heavy (non-hydrogen) atoms. The topological polar surface area (TPSA) is 72.1 Å². The number of carbonyl (C=O) groups is 1. The number of nitrogens with zero attached hydrogens (tertiary/aromatic N) is 3. The van der Waals surface area contributed by atoms with Gasteiger partial charge in [0.15, 0.2) is 0 Å². The van der Waals surface area contributed by atoms with Crippen LogP contribution in [-0.2, 0) is 0 Å².